The maximum absolute atomic E-state index is 3.24. The van der Waals surface area contributed by atoms with E-state index in [9.17, 15) is 0 Å². The third kappa shape index (κ3) is 1.32. The van der Waals surface area contributed by atoms with Gasteiger partial charge in [0.25, 0.3) is 0 Å². The first-order chi connectivity index (χ1) is 4.69. The Hall–Kier alpha value is -0.0800. The summed E-state index contributed by atoms with van der Waals surface area (Å²) in [6.45, 7) is 4.71. The smallest absolute Gasteiger partial charge is 0.0303 e. The molecule has 1 saturated heterocycles. The Balaban J connectivity index is 2.48. The summed E-state index contributed by atoms with van der Waals surface area (Å²) in [5, 5.41) is 3.24. The van der Waals surface area contributed by atoms with Crippen LogP contribution in [0.1, 0.15) is 19.8 Å². The third-order valence-corrected chi connectivity index (χ3v) is 2.69. The van der Waals surface area contributed by atoms with E-state index < -0.39 is 0 Å². The molecule has 0 aromatic rings. The van der Waals surface area contributed by atoms with E-state index >= 15 is 0 Å². The Morgan fingerprint density at radius 1 is 1.60 bits per heavy atom. The highest BCUT2D eigenvalue weighted by molar-refractivity contribution is 4.91. The van der Waals surface area contributed by atoms with Gasteiger partial charge in [-0.2, -0.15) is 0 Å². The van der Waals surface area contributed by atoms with Crippen LogP contribution in [0, 0.1) is 0 Å². The van der Waals surface area contributed by atoms with E-state index in [0.717, 1.165) is 6.54 Å². The van der Waals surface area contributed by atoms with Crippen molar-refractivity contribution < 1.29 is 0 Å². The van der Waals surface area contributed by atoms with Crippen molar-refractivity contribution in [3.63, 3.8) is 0 Å². The maximum atomic E-state index is 3.24. The van der Waals surface area contributed by atoms with Crippen LogP contribution < -0.4 is 5.32 Å². The zero-order valence-electron chi connectivity index (χ0n) is 7.28. The number of nitrogens with zero attached hydrogens (tertiary/aromatic N) is 1. The van der Waals surface area contributed by atoms with Crippen LogP contribution in [0.4, 0.5) is 0 Å². The van der Waals surface area contributed by atoms with E-state index in [2.05, 4.69) is 24.2 Å². The SMILES string of the molecule is CNCC1(C)CCCN1C. The fraction of sp³-hybridized carbons (Fsp3) is 1.00. The van der Waals surface area contributed by atoms with Gasteiger partial charge in [0.05, 0.1) is 0 Å². The zero-order valence-corrected chi connectivity index (χ0v) is 7.28. The van der Waals surface area contributed by atoms with E-state index in [1.54, 1.807) is 0 Å². The highest BCUT2D eigenvalue weighted by atomic mass is 15.2. The summed E-state index contributed by atoms with van der Waals surface area (Å²) in [5.74, 6) is 0. The number of hydrogen-bond donors (Lipinski definition) is 1. The summed E-state index contributed by atoms with van der Waals surface area (Å²) < 4.78 is 0. The normalized spacial score (nSPS) is 35.1. The maximum Gasteiger partial charge on any atom is 0.0303 e. The summed E-state index contributed by atoms with van der Waals surface area (Å²) in [6, 6.07) is 0. The molecule has 1 rings (SSSR count). The molecule has 0 saturated carbocycles. The summed E-state index contributed by atoms with van der Waals surface area (Å²) in [4.78, 5) is 2.45. The van der Waals surface area contributed by atoms with Gasteiger partial charge >= 0.3 is 0 Å². The summed E-state index contributed by atoms with van der Waals surface area (Å²) in [5.41, 5.74) is 0.425. The Bertz CT molecular complexity index is 114. The highest BCUT2D eigenvalue weighted by Crippen LogP contribution is 2.25. The molecule has 0 radical (unpaired) electrons. The Labute approximate surface area is 63.6 Å². The highest BCUT2D eigenvalue weighted by Gasteiger charge is 2.32. The molecule has 0 bridgehead atoms. The van der Waals surface area contributed by atoms with Gasteiger partial charge in [0.2, 0.25) is 0 Å². The van der Waals surface area contributed by atoms with Crippen LogP contribution in [0.2, 0.25) is 0 Å². The molecule has 1 aliphatic heterocycles. The molecule has 2 nitrogen and oxygen atoms in total. The summed E-state index contributed by atoms with van der Waals surface area (Å²) in [6.07, 6.45) is 2.69. The van der Waals surface area contributed by atoms with Crippen molar-refractivity contribution in [2.24, 2.45) is 0 Å². The van der Waals surface area contributed by atoms with E-state index in [-0.39, 0.29) is 0 Å². The fourth-order valence-corrected chi connectivity index (χ4v) is 1.76. The predicted molar refractivity (Wildman–Crippen MR) is 44.2 cm³/mol. The largest absolute Gasteiger partial charge is 0.318 e. The van der Waals surface area contributed by atoms with Gasteiger partial charge in [-0.1, -0.05) is 0 Å². The lowest BCUT2D eigenvalue weighted by molar-refractivity contribution is 0.194. The van der Waals surface area contributed by atoms with Crippen molar-refractivity contribution in [1.82, 2.24) is 10.2 Å². The number of hydrogen-bond acceptors (Lipinski definition) is 2. The van der Waals surface area contributed by atoms with Crippen LogP contribution in [0.3, 0.4) is 0 Å². The molecule has 2 heteroatoms. The first-order valence-corrected chi connectivity index (χ1v) is 4.05. The van der Waals surface area contributed by atoms with Crippen LogP contribution in [0.5, 0.6) is 0 Å². The molecule has 0 aromatic carbocycles. The molecular weight excluding hydrogens is 124 g/mol. The van der Waals surface area contributed by atoms with Crippen molar-refractivity contribution >= 4 is 0 Å². The molecule has 1 heterocycles. The number of nitrogens with one attached hydrogen (secondary N) is 1. The number of likely N-dealkylation sites (tertiary alicyclic amines) is 1. The van der Waals surface area contributed by atoms with Crippen molar-refractivity contribution in [1.29, 1.82) is 0 Å². The minimum atomic E-state index is 0.425. The van der Waals surface area contributed by atoms with Gasteiger partial charge in [0, 0.05) is 12.1 Å². The molecule has 60 valence electrons. The van der Waals surface area contributed by atoms with Gasteiger partial charge in [-0.15, -0.1) is 0 Å². The number of rotatable bonds is 2. The Kier molecular flexibility index (Phi) is 2.32. The zero-order chi connectivity index (χ0) is 7.61. The lowest BCUT2D eigenvalue weighted by atomic mass is 10.00. The van der Waals surface area contributed by atoms with Crippen LogP contribution in [-0.2, 0) is 0 Å². The molecule has 0 amide bonds. The first-order valence-electron chi connectivity index (χ1n) is 4.05. The molecule has 1 atom stereocenters. The Morgan fingerprint density at radius 2 is 2.30 bits per heavy atom. The Morgan fingerprint density at radius 3 is 2.70 bits per heavy atom. The predicted octanol–water partition coefficient (Wildman–Crippen LogP) is 0.690. The van der Waals surface area contributed by atoms with Gasteiger partial charge in [-0.05, 0) is 40.4 Å². The second-order valence-electron chi connectivity index (χ2n) is 3.55. The van der Waals surface area contributed by atoms with Crippen LogP contribution in [0.15, 0.2) is 0 Å². The first kappa shape index (κ1) is 8.02. The van der Waals surface area contributed by atoms with E-state index in [1.165, 1.54) is 19.4 Å². The molecule has 0 aliphatic carbocycles. The van der Waals surface area contributed by atoms with Crippen molar-refractivity contribution in [2.45, 2.75) is 25.3 Å². The molecule has 0 spiro atoms. The quantitative estimate of drug-likeness (QED) is 0.610. The van der Waals surface area contributed by atoms with Crippen molar-refractivity contribution in [3.8, 4) is 0 Å². The van der Waals surface area contributed by atoms with Gasteiger partial charge in [-0.3, -0.25) is 4.90 Å². The minimum Gasteiger partial charge on any atom is -0.318 e. The monoisotopic (exact) mass is 142 g/mol. The summed E-state index contributed by atoms with van der Waals surface area (Å²) in [7, 11) is 4.24. The van der Waals surface area contributed by atoms with E-state index in [0.29, 0.717) is 5.54 Å². The second kappa shape index (κ2) is 2.89. The number of likely N-dealkylation sites (N-methyl/N-ethyl adjacent to an activating group) is 2. The average Bonchev–Trinajstić information content (AvgIpc) is 2.15. The van der Waals surface area contributed by atoms with E-state index in [4.69, 9.17) is 0 Å². The topological polar surface area (TPSA) is 15.3 Å². The van der Waals surface area contributed by atoms with Crippen LogP contribution in [-0.4, -0.2) is 37.6 Å². The average molecular weight is 142 g/mol. The van der Waals surface area contributed by atoms with Crippen LogP contribution in [0.25, 0.3) is 0 Å². The molecule has 10 heavy (non-hydrogen) atoms. The van der Waals surface area contributed by atoms with Gasteiger partial charge in [-0.25, -0.2) is 0 Å². The van der Waals surface area contributed by atoms with E-state index in [1.807, 2.05) is 7.05 Å². The van der Waals surface area contributed by atoms with Crippen molar-refractivity contribution in [2.75, 3.05) is 27.2 Å². The van der Waals surface area contributed by atoms with Gasteiger partial charge < -0.3 is 5.32 Å². The molecule has 1 fully saturated rings. The summed E-state index contributed by atoms with van der Waals surface area (Å²) >= 11 is 0. The molecule has 0 aromatic heterocycles. The van der Waals surface area contributed by atoms with Gasteiger partial charge in [0.15, 0.2) is 0 Å². The lowest BCUT2D eigenvalue weighted by Gasteiger charge is -2.31. The molecule has 1 N–H and O–H groups in total. The van der Waals surface area contributed by atoms with Crippen molar-refractivity contribution in [3.05, 3.63) is 0 Å². The lowest BCUT2D eigenvalue weighted by Crippen LogP contribution is -2.45. The standard InChI is InChI=1S/C8H18N2/c1-8(7-9-2)5-4-6-10(8)3/h9H,4-7H2,1-3H3. The molecular formula is C8H18N2. The van der Waals surface area contributed by atoms with Crippen LogP contribution >= 0.6 is 0 Å². The fourth-order valence-electron chi connectivity index (χ4n) is 1.76. The second-order valence-corrected chi connectivity index (χ2v) is 3.55. The third-order valence-electron chi connectivity index (χ3n) is 2.69. The molecule has 1 aliphatic rings. The molecule has 1 unspecified atom stereocenters. The van der Waals surface area contributed by atoms with Gasteiger partial charge in [0.1, 0.15) is 0 Å². The minimum absolute atomic E-state index is 0.425.